The second-order valence-corrected chi connectivity index (χ2v) is 3.89. The monoisotopic (exact) mass is 197 g/mol. The van der Waals surface area contributed by atoms with E-state index in [-0.39, 0.29) is 0 Å². The maximum atomic E-state index is 5.44. The third kappa shape index (κ3) is 3.41. The normalized spacial score (nSPS) is 11.1. The molecule has 1 aromatic heterocycles. The summed E-state index contributed by atoms with van der Waals surface area (Å²) in [6.07, 6.45) is 2.93. The van der Waals surface area contributed by atoms with E-state index in [9.17, 15) is 0 Å². The van der Waals surface area contributed by atoms with Crippen LogP contribution in [0, 0.1) is 5.92 Å². The maximum Gasteiger partial charge on any atom is 0.151 e. The second kappa shape index (κ2) is 5.70. The van der Waals surface area contributed by atoms with E-state index in [1.54, 1.807) is 0 Å². The van der Waals surface area contributed by atoms with Crippen LogP contribution >= 0.6 is 0 Å². The van der Waals surface area contributed by atoms with Gasteiger partial charge in [-0.25, -0.2) is 4.68 Å². The van der Waals surface area contributed by atoms with E-state index in [2.05, 4.69) is 29.4 Å². The van der Waals surface area contributed by atoms with Crippen molar-refractivity contribution in [3.63, 3.8) is 0 Å². The van der Waals surface area contributed by atoms with Crippen LogP contribution < -0.4 is 5.73 Å². The third-order valence-electron chi connectivity index (χ3n) is 2.13. The predicted molar refractivity (Wildman–Crippen MR) is 54.6 cm³/mol. The Morgan fingerprint density at radius 2 is 2.21 bits per heavy atom. The zero-order valence-electron chi connectivity index (χ0n) is 8.98. The SMILES string of the molecule is CC(C)CCn1nnnc1CCCN. The number of aryl methyl sites for hydroxylation is 2. The van der Waals surface area contributed by atoms with Crippen LogP contribution in [0.3, 0.4) is 0 Å². The summed E-state index contributed by atoms with van der Waals surface area (Å²) < 4.78 is 1.88. The van der Waals surface area contributed by atoms with Crippen molar-refractivity contribution >= 4 is 0 Å². The van der Waals surface area contributed by atoms with Gasteiger partial charge in [0.15, 0.2) is 5.82 Å². The van der Waals surface area contributed by atoms with E-state index >= 15 is 0 Å². The van der Waals surface area contributed by atoms with Crippen LogP contribution in [0.5, 0.6) is 0 Å². The molecule has 0 amide bonds. The molecule has 0 aliphatic heterocycles. The lowest BCUT2D eigenvalue weighted by Crippen LogP contribution is -2.10. The molecule has 0 spiro atoms. The molecule has 0 saturated carbocycles. The Bertz CT molecular complexity index is 255. The van der Waals surface area contributed by atoms with Gasteiger partial charge in [-0.1, -0.05) is 13.8 Å². The highest BCUT2D eigenvalue weighted by atomic mass is 15.5. The van der Waals surface area contributed by atoms with E-state index in [1.165, 1.54) is 0 Å². The molecule has 0 radical (unpaired) electrons. The van der Waals surface area contributed by atoms with Gasteiger partial charge in [0.05, 0.1) is 0 Å². The van der Waals surface area contributed by atoms with Gasteiger partial charge in [0.1, 0.15) is 0 Å². The number of rotatable bonds is 6. The van der Waals surface area contributed by atoms with Crippen molar-refractivity contribution in [1.29, 1.82) is 0 Å². The summed E-state index contributed by atoms with van der Waals surface area (Å²) in [5.41, 5.74) is 5.44. The molecule has 0 aliphatic carbocycles. The molecule has 14 heavy (non-hydrogen) atoms. The first-order valence-electron chi connectivity index (χ1n) is 5.19. The number of hydrogen-bond donors (Lipinski definition) is 1. The van der Waals surface area contributed by atoms with Gasteiger partial charge in [0.25, 0.3) is 0 Å². The van der Waals surface area contributed by atoms with Crippen molar-refractivity contribution in [3.8, 4) is 0 Å². The van der Waals surface area contributed by atoms with Gasteiger partial charge in [-0.15, -0.1) is 5.10 Å². The molecule has 80 valence electrons. The van der Waals surface area contributed by atoms with Gasteiger partial charge >= 0.3 is 0 Å². The fourth-order valence-electron chi connectivity index (χ4n) is 1.22. The average molecular weight is 197 g/mol. The van der Waals surface area contributed by atoms with Crippen molar-refractivity contribution in [2.75, 3.05) is 6.54 Å². The molecular formula is C9H19N5. The minimum atomic E-state index is 0.682. The first kappa shape index (κ1) is 11.1. The molecule has 1 aromatic rings. The largest absolute Gasteiger partial charge is 0.330 e. The van der Waals surface area contributed by atoms with Crippen LogP contribution in [0.2, 0.25) is 0 Å². The van der Waals surface area contributed by atoms with Gasteiger partial charge in [0, 0.05) is 13.0 Å². The Labute approximate surface area is 84.7 Å². The fourth-order valence-corrected chi connectivity index (χ4v) is 1.22. The summed E-state index contributed by atoms with van der Waals surface area (Å²) in [7, 11) is 0. The van der Waals surface area contributed by atoms with Crippen LogP contribution in [0.15, 0.2) is 0 Å². The summed E-state index contributed by atoms with van der Waals surface area (Å²) in [6.45, 7) is 6.00. The van der Waals surface area contributed by atoms with Gasteiger partial charge in [-0.3, -0.25) is 0 Å². The zero-order valence-corrected chi connectivity index (χ0v) is 8.98. The Hall–Kier alpha value is -0.970. The van der Waals surface area contributed by atoms with E-state index in [0.29, 0.717) is 12.5 Å². The maximum absolute atomic E-state index is 5.44. The van der Waals surface area contributed by atoms with E-state index < -0.39 is 0 Å². The first-order chi connectivity index (χ1) is 6.74. The molecule has 0 unspecified atom stereocenters. The Morgan fingerprint density at radius 3 is 2.86 bits per heavy atom. The first-order valence-corrected chi connectivity index (χ1v) is 5.19. The molecule has 0 bridgehead atoms. The van der Waals surface area contributed by atoms with Crippen LogP contribution in [0.25, 0.3) is 0 Å². The molecule has 5 nitrogen and oxygen atoms in total. The minimum Gasteiger partial charge on any atom is -0.330 e. The summed E-state index contributed by atoms with van der Waals surface area (Å²) in [6, 6.07) is 0. The predicted octanol–water partition coefficient (Wildman–Crippen LogP) is 0.610. The number of aromatic nitrogens is 4. The lowest BCUT2D eigenvalue weighted by molar-refractivity contribution is 0.465. The van der Waals surface area contributed by atoms with Crippen molar-refractivity contribution in [1.82, 2.24) is 20.2 Å². The second-order valence-electron chi connectivity index (χ2n) is 3.89. The molecule has 1 rings (SSSR count). The van der Waals surface area contributed by atoms with E-state index in [1.807, 2.05) is 4.68 Å². The highest BCUT2D eigenvalue weighted by Crippen LogP contribution is 2.04. The van der Waals surface area contributed by atoms with E-state index in [0.717, 1.165) is 31.6 Å². The van der Waals surface area contributed by atoms with Gasteiger partial charge in [0.2, 0.25) is 0 Å². The van der Waals surface area contributed by atoms with Gasteiger partial charge in [-0.2, -0.15) is 0 Å². The third-order valence-corrected chi connectivity index (χ3v) is 2.13. The zero-order chi connectivity index (χ0) is 10.4. The number of nitrogens with two attached hydrogens (primary N) is 1. The quantitative estimate of drug-likeness (QED) is 0.725. The molecule has 2 N–H and O–H groups in total. The highest BCUT2D eigenvalue weighted by molar-refractivity contribution is 4.80. The van der Waals surface area contributed by atoms with Crippen molar-refractivity contribution < 1.29 is 0 Å². The molecule has 0 saturated heterocycles. The molecule has 0 atom stereocenters. The smallest absolute Gasteiger partial charge is 0.151 e. The Morgan fingerprint density at radius 1 is 1.43 bits per heavy atom. The summed E-state index contributed by atoms with van der Waals surface area (Å²) >= 11 is 0. The molecular weight excluding hydrogens is 178 g/mol. The minimum absolute atomic E-state index is 0.682. The molecule has 0 fully saturated rings. The topological polar surface area (TPSA) is 69.6 Å². The summed E-state index contributed by atoms with van der Waals surface area (Å²) in [5, 5.41) is 11.6. The Balaban J connectivity index is 2.45. The van der Waals surface area contributed by atoms with Crippen LogP contribution in [-0.4, -0.2) is 26.8 Å². The Kier molecular flexibility index (Phi) is 4.52. The van der Waals surface area contributed by atoms with Crippen LogP contribution in [0.1, 0.15) is 32.5 Å². The van der Waals surface area contributed by atoms with E-state index in [4.69, 9.17) is 5.73 Å². The fraction of sp³-hybridized carbons (Fsp3) is 0.889. The molecule has 0 aromatic carbocycles. The van der Waals surface area contributed by atoms with Crippen molar-refractivity contribution in [2.45, 2.75) is 39.7 Å². The van der Waals surface area contributed by atoms with Gasteiger partial charge < -0.3 is 5.73 Å². The average Bonchev–Trinajstić information content (AvgIpc) is 2.58. The number of nitrogens with zero attached hydrogens (tertiary/aromatic N) is 4. The van der Waals surface area contributed by atoms with Crippen molar-refractivity contribution in [2.24, 2.45) is 11.7 Å². The summed E-state index contributed by atoms with van der Waals surface area (Å²) in [5.74, 6) is 1.64. The summed E-state index contributed by atoms with van der Waals surface area (Å²) in [4.78, 5) is 0. The number of hydrogen-bond acceptors (Lipinski definition) is 4. The lowest BCUT2D eigenvalue weighted by Gasteiger charge is -2.05. The molecule has 0 aliphatic rings. The highest BCUT2D eigenvalue weighted by Gasteiger charge is 2.05. The van der Waals surface area contributed by atoms with Gasteiger partial charge in [-0.05, 0) is 35.7 Å². The van der Waals surface area contributed by atoms with Crippen LogP contribution in [-0.2, 0) is 13.0 Å². The molecule has 5 heteroatoms. The van der Waals surface area contributed by atoms with Crippen molar-refractivity contribution in [3.05, 3.63) is 5.82 Å². The molecule has 1 heterocycles. The standard InChI is InChI=1S/C9H19N5/c1-8(2)5-7-14-9(4-3-6-10)11-12-13-14/h8H,3-7,10H2,1-2H3. The number of tetrazole rings is 1. The lowest BCUT2D eigenvalue weighted by atomic mass is 10.1. The van der Waals surface area contributed by atoms with Crippen LogP contribution in [0.4, 0.5) is 0 Å².